The van der Waals surface area contributed by atoms with Crippen LogP contribution >= 0.6 is 0 Å². The van der Waals surface area contributed by atoms with Gasteiger partial charge in [-0.3, -0.25) is 0 Å². The van der Waals surface area contributed by atoms with Crippen LogP contribution in [0, 0.1) is 25.2 Å². The van der Waals surface area contributed by atoms with Gasteiger partial charge in [0.05, 0.1) is 31.3 Å². The van der Waals surface area contributed by atoms with E-state index < -0.39 is 11.9 Å². The zero-order valence-electron chi connectivity index (χ0n) is 17.7. The van der Waals surface area contributed by atoms with Crippen molar-refractivity contribution in [3.05, 3.63) is 63.4 Å². The summed E-state index contributed by atoms with van der Waals surface area (Å²) in [7, 11) is 1.50. The van der Waals surface area contributed by atoms with E-state index in [1.807, 2.05) is 20.8 Å². The number of pyridine rings is 1. The van der Waals surface area contributed by atoms with Crippen LogP contribution in [0.1, 0.15) is 54.5 Å². The Morgan fingerprint density at radius 2 is 2.00 bits per heavy atom. The minimum Gasteiger partial charge on any atom is -0.496 e. The van der Waals surface area contributed by atoms with Crippen molar-refractivity contribution in [1.29, 1.82) is 5.26 Å². The zero-order valence-corrected chi connectivity index (χ0v) is 17.7. The number of nitrogens with zero attached hydrogens (tertiary/aromatic N) is 2. The first-order chi connectivity index (χ1) is 13.8. The van der Waals surface area contributed by atoms with Gasteiger partial charge in [0.25, 0.3) is 0 Å². The predicted octanol–water partition coefficient (Wildman–Crippen LogP) is 4.53. The molecule has 2 rings (SSSR count). The molecule has 0 saturated heterocycles. The van der Waals surface area contributed by atoms with Crippen LogP contribution in [0.25, 0.3) is 0 Å². The van der Waals surface area contributed by atoms with Gasteiger partial charge in [-0.2, -0.15) is 5.26 Å². The van der Waals surface area contributed by atoms with Crippen LogP contribution in [-0.4, -0.2) is 29.8 Å². The molecule has 0 fully saturated rings. The largest absolute Gasteiger partial charge is 0.496 e. The van der Waals surface area contributed by atoms with Crippen molar-refractivity contribution in [3.63, 3.8) is 0 Å². The Balaban J connectivity index is 2.97. The Morgan fingerprint density at radius 1 is 1.31 bits per heavy atom. The van der Waals surface area contributed by atoms with Gasteiger partial charge in [-0.05, 0) is 57.9 Å². The number of benzene rings is 1. The maximum absolute atomic E-state index is 12.3. The maximum Gasteiger partial charge on any atom is 0.332 e. The lowest BCUT2D eigenvalue weighted by Gasteiger charge is -2.26. The van der Waals surface area contributed by atoms with Crippen LogP contribution in [0.4, 0.5) is 0 Å². The van der Waals surface area contributed by atoms with Crippen LogP contribution in [0.15, 0.2) is 35.5 Å². The lowest BCUT2D eigenvalue weighted by Crippen LogP contribution is -2.18. The van der Waals surface area contributed by atoms with E-state index in [0.717, 1.165) is 11.1 Å². The third-order valence-electron chi connectivity index (χ3n) is 4.90. The van der Waals surface area contributed by atoms with Gasteiger partial charge in [0.15, 0.2) is 0 Å². The Morgan fingerprint density at radius 3 is 2.52 bits per heavy atom. The van der Waals surface area contributed by atoms with Crippen molar-refractivity contribution in [3.8, 4) is 17.7 Å². The van der Waals surface area contributed by atoms with E-state index in [0.29, 0.717) is 40.5 Å². The second kappa shape index (κ2) is 9.24. The summed E-state index contributed by atoms with van der Waals surface area (Å²) in [5.74, 6) is -0.858. The molecule has 152 valence electrons. The molecule has 0 spiro atoms. The van der Waals surface area contributed by atoms with E-state index in [1.54, 1.807) is 38.2 Å². The molecular weight excluding hydrogens is 368 g/mol. The molecule has 1 aromatic heterocycles. The van der Waals surface area contributed by atoms with Crippen molar-refractivity contribution in [1.82, 2.24) is 4.98 Å². The molecule has 1 atom stereocenters. The average Bonchev–Trinajstić information content (AvgIpc) is 2.68. The quantitative estimate of drug-likeness (QED) is 0.694. The van der Waals surface area contributed by atoms with Gasteiger partial charge in [-0.1, -0.05) is 11.6 Å². The van der Waals surface area contributed by atoms with Gasteiger partial charge in [0.1, 0.15) is 5.75 Å². The molecule has 0 saturated carbocycles. The van der Waals surface area contributed by atoms with E-state index in [4.69, 9.17) is 9.47 Å². The second-order valence-electron chi connectivity index (χ2n) is 6.94. The monoisotopic (exact) mass is 394 g/mol. The van der Waals surface area contributed by atoms with Crippen LogP contribution in [0.2, 0.25) is 0 Å². The Labute approximate surface area is 171 Å². The van der Waals surface area contributed by atoms with Gasteiger partial charge < -0.3 is 14.6 Å². The number of hydrogen-bond acceptors (Lipinski definition) is 5. The number of hydrogen-bond donors (Lipinski definition) is 1. The molecule has 1 N–H and O–H groups in total. The minimum absolute atomic E-state index is 0.226. The second-order valence-corrected chi connectivity index (χ2v) is 6.94. The summed E-state index contributed by atoms with van der Waals surface area (Å²) in [5.41, 5.74) is 4.48. The number of ether oxygens (including phenoxy) is 2. The van der Waals surface area contributed by atoms with Crippen LogP contribution in [0.3, 0.4) is 0 Å². The van der Waals surface area contributed by atoms with Crippen LogP contribution in [-0.2, 0) is 4.79 Å². The topological polar surface area (TPSA) is 92.4 Å². The Kier molecular flexibility index (Phi) is 7.00. The highest BCUT2D eigenvalue weighted by Crippen LogP contribution is 2.44. The molecular formula is C23H26N2O4. The fourth-order valence-corrected chi connectivity index (χ4v) is 3.39. The summed E-state index contributed by atoms with van der Waals surface area (Å²) in [6, 6.07) is 7.11. The number of methoxy groups -OCH3 is 1. The summed E-state index contributed by atoms with van der Waals surface area (Å²) in [5, 5.41) is 19.3. The molecule has 1 aromatic carbocycles. The molecule has 0 amide bonds. The summed E-state index contributed by atoms with van der Waals surface area (Å²) >= 11 is 0. The highest BCUT2D eigenvalue weighted by molar-refractivity contribution is 5.91. The lowest BCUT2D eigenvalue weighted by molar-refractivity contribution is -0.132. The highest BCUT2D eigenvalue weighted by Gasteiger charge is 2.33. The minimum atomic E-state index is -1.02. The molecule has 0 bridgehead atoms. The molecule has 6 nitrogen and oxygen atoms in total. The highest BCUT2D eigenvalue weighted by atomic mass is 16.5. The number of aliphatic carboxylic acids is 1. The third kappa shape index (κ3) is 4.40. The van der Waals surface area contributed by atoms with Gasteiger partial charge in [-0.15, -0.1) is 0 Å². The van der Waals surface area contributed by atoms with Gasteiger partial charge >= 0.3 is 5.97 Å². The van der Waals surface area contributed by atoms with E-state index in [2.05, 4.69) is 11.1 Å². The molecule has 0 radical (unpaired) electrons. The van der Waals surface area contributed by atoms with Crippen molar-refractivity contribution >= 4 is 5.97 Å². The fourth-order valence-electron chi connectivity index (χ4n) is 3.39. The van der Waals surface area contributed by atoms with Crippen molar-refractivity contribution in [2.45, 2.75) is 40.5 Å². The first kappa shape index (κ1) is 22.0. The molecule has 0 aliphatic rings. The number of carbonyl (C=O) groups is 1. The first-order valence-corrected chi connectivity index (χ1v) is 9.34. The van der Waals surface area contributed by atoms with E-state index in [1.165, 1.54) is 7.11 Å². The Hall–Kier alpha value is -3.33. The average molecular weight is 394 g/mol. The summed E-state index contributed by atoms with van der Waals surface area (Å²) in [4.78, 5) is 16.7. The molecule has 2 aromatic rings. The van der Waals surface area contributed by atoms with Gasteiger partial charge in [0.2, 0.25) is 5.88 Å². The molecule has 1 heterocycles. The number of aryl methyl sites for hydroxylation is 1. The first-order valence-electron chi connectivity index (χ1n) is 9.34. The third-order valence-corrected chi connectivity index (χ3v) is 4.90. The molecule has 29 heavy (non-hydrogen) atoms. The summed E-state index contributed by atoms with van der Waals surface area (Å²) < 4.78 is 11.3. The van der Waals surface area contributed by atoms with Crippen molar-refractivity contribution in [2.75, 3.05) is 13.7 Å². The molecule has 0 unspecified atom stereocenters. The van der Waals surface area contributed by atoms with E-state index >= 15 is 0 Å². The number of carboxylic acids is 1. The number of allylic oxidation sites excluding steroid dienone is 1. The van der Waals surface area contributed by atoms with E-state index in [-0.39, 0.29) is 5.57 Å². The maximum atomic E-state index is 12.3. The number of carboxylic acid groups (broad SMARTS) is 1. The number of nitriles is 1. The SMILES string of the molecule is CCOc1ncc(C)c(C)c1[C@@H](C(C(=O)O)=C(C)C)c1ccc(C#N)cc1OC. The Bertz CT molecular complexity index is 999. The van der Waals surface area contributed by atoms with Gasteiger partial charge in [0, 0.05) is 22.9 Å². The van der Waals surface area contributed by atoms with Crippen LogP contribution < -0.4 is 9.47 Å². The molecule has 0 aliphatic heterocycles. The molecule has 0 aliphatic carbocycles. The molecule has 6 heteroatoms. The smallest absolute Gasteiger partial charge is 0.332 e. The number of aromatic nitrogens is 1. The predicted molar refractivity (Wildman–Crippen MR) is 110 cm³/mol. The van der Waals surface area contributed by atoms with Gasteiger partial charge in [-0.25, -0.2) is 9.78 Å². The van der Waals surface area contributed by atoms with Crippen LogP contribution in [0.5, 0.6) is 11.6 Å². The van der Waals surface area contributed by atoms with E-state index in [9.17, 15) is 15.2 Å². The van der Waals surface area contributed by atoms with Crippen molar-refractivity contribution in [2.24, 2.45) is 0 Å². The standard InChI is InChI=1S/C23H26N2O4/c1-7-29-22-20(15(5)14(4)12-25-22)21(19(13(2)3)23(26)27)17-9-8-16(11-24)10-18(17)28-6/h8-10,12,21H,7H2,1-6H3,(H,26,27)/t21-/m1/s1. The van der Waals surface area contributed by atoms with Crippen molar-refractivity contribution < 1.29 is 19.4 Å². The zero-order chi connectivity index (χ0) is 21.7. The summed E-state index contributed by atoms with van der Waals surface area (Å²) in [6.07, 6.45) is 1.72. The lowest BCUT2D eigenvalue weighted by atomic mass is 9.80. The normalized spacial score (nSPS) is 11.3. The number of rotatable bonds is 7. The summed E-state index contributed by atoms with van der Waals surface area (Å²) in [6.45, 7) is 9.66. The fraction of sp³-hybridized carbons (Fsp3) is 0.348.